The monoisotopic (exact) mass is 412 g/mol. The van der Waals surface area contributed by atoms with Crippen LogP contribution < -0.4 is 0 Å². The molecule has 1 saturated heterocycles. The van der Waals surface area contributed by atoms with Crippen LogP contribution in [0.2, 0.25) is 0 Å². The third kappa shape index (κ3) is 7.00. The standard InChI is InChI=1S/C18H24N2O5S2/c1-2-25-18(22)15-26-14-17(21)19-9-11-20(12-10-19)27(23,24)13-8-16-6-4-3-5-7-16/h3-8,13H,2,9-12,14-15H2,1H3. The number of carbonyl (C=O) groups excluding carboxylic acids is 2. The van der Waals surface area contributed by atoms with Crippen LogP contribution in [0.5, 0.6) is 0 Å². The largest absolute Gasteiger partial charge is 0.465 e. The minimum atomic E-state index is -3.52. The highest BCUT2D eigenvalue weighted by Crippen LogP contribution is 2.13. The third-order valence-corrected chi connectivity index (χ3v) is 6.39. The van der Waals surface area contributed by atoms with Crippen LogP contribution in [0.25, 0.3) is 6.08 Å². The molecule has 1 fully saturated rings. The lowest BCUT2D eigenvalue weighted by atomic mass is 10.2. The van der Waals surface area contributed by atoms with E-state index in [2.05, 4.69) is 0 Å². The lowest BCUT2D eigenvalue weighted by molar-refractivity contribution is -0.139. The summed E-state index contributed by atoms with van der Waals surface area (Å²) in [4.78, 5) is 25.1. The molecule has 1 aromatic carbocycles. The highest BCUT2D eigenvalue weighted by Gasteiger charge is 2.27. The Labute approximate surface area is 164 Å². The quantitative estimate of drug-likeness (QED) is 0.601. The van der Waals surface area contributed by atoms with Crippen molar-refractivity contribution in [3.8, 4) is 0 Å². The maximum atomic E-state index is 12.4. The van der Waals surface area contributed by atoms with Gasteiger partial charge in [-0.25, -0.2) is 8.42 Å². The second-order valence-corrected chi connectivity index (χ2v) is 8.64. The molecule has 9 heteroatoms. The van der Waals surface area contributed by atoms with Gasteiger partial charge in [0.15, 0.2) is 0 Å². The number of esters is 1. The van der Waals surface area contributed by atoms with E-state index in [1.165, 1.54) is 21.5 Å². The van der Waals surface area contributed by atoms with Gasteiger partial charge < -0.3 is 9.64 Å². The Bertz CT molecular complexity index is 757. The Hall–Kier alpha value is -1.84. The van der Waals surface area contributed by atoms with Crippen molar-refractivity contribution in [1.29, 1.82) is 0 Å². The fraction of sp³-hybridized carbons (Fsp3) is 0.444. The van der Waals surface area contributed by atoms with Crippen molar-refractivity contribution in [3.63, 3.8) is 0 Å². The fourth-order valence-electron chi connectivity index (χ4n) is 2.52. The van der Waals surface area contributed by atoms with Crippen LogP contribution in [0.3, 0.4) is 0 Å². The van der Waals surface area contributed by atoms with E-state index in [0.29, 0.717) is 19.7 Å². The number of nitrogens with zero attached hydrogens (tertiary/aromatic N) is 2. The highest BCUT2D eigenvalue weighted by molar-refractivity contribution is 8.00. The molecule has 0 aromatic heterocycles. The summed E-state index contributed by atoms with van der Waals surface area (Å²) < 4.78 is 31.0. The van der Waals surface area contributed by atoms with Crippen LogP contribution >= 0.6 is 11.8 Å². The van der Waals surface area contributed by atoms with Gasteiger partial charge in [-0.05, 0) is 18.6 Å². The van der Waals surface area contributed by atoms with Gasteiger partial charge in [0.2, 0.25) is 15.9 Å². The molecule has 0 bridgehead atoms. The summed E-state index contributed by atoms with van der Waals surface area (Å²) in [7, 11) is -3.52. The molecule has 1 amide bonds. The Morgan fingerprint density at radius 1 is 1.11 bits per heavy atom. The first-order valence-corrected chi connectivity index (χ1v) is 11.3. The minimum absolute atomic E-state index is 0.0961. The SMILES string of the molecule is CCOC(=O)CSCC(=O)N1CCN(S(=O)(=O)C=Cc2ccccc2)CC1. The second-order valence-electron chi connectivity index (χ2n) is 5.84. The molecule has 1 aromatic rings. The van der Waals surface area contributed by atoms with E-state index in [1.807, 2.05) is 30.3 Å². The van der Waals surface area contributed by atoms with E-state index < -0.39 is 10.0 Å². The van der Waals surface area contributed by atoms with Gasteiger partial charge in [0.25, 0.3) is 0 Å². The first kappa shape index (κ1) is 21.5. The van der Waals surface area contributed by atoms with Crippen molar-refractivity contribution in [2.45, 2.75) is 6.92 Å². The molecule has 0 N–H and O–H groups in total. The van der Waals surface area contributed by atoms with E-state index in [9.17, 15) is 18.0 Å². The maximum Gasteiger partial charge on any atom is 0.315 e. The molecular weight excluding hydrogens is 388 g/mol. The van der Waals surface area contributed by atoms with E-state index in [0.717, 1.165) is 5.56 Å². The molecule has 0 aliphatic carbocycles. The Kier molecular flexibility index (Phi) is 8.33. The van der Waals surface area contributed by atoms with Crippen molar-refractivity contribution in [2.24, 2.45) is 0 Å². The van der Waals surface area contributed by atoms with Crippen LogP contribution in [0.15, 0.2) is 35.7 Å². The molecule has 1 aliphatic heterocycles. The number of ether oxygens (including phenoxy) is 1. The number of piperazine rings is 1. The number of benzene rings is 1. The zero-order valence-electron chi connectivity index (χ0n) is 15.2. The van der Waals surface area contributed by atoms with Crippen LogP contribution in [-0.2, 0) is 24.3 Å². The highest BCUT2D eigenvalue weighted by atomic mass is 32.2. The van der Waals surface area contributed by atoms with Crippen LogP contribution in [0.1, 0.15) is 12.5 Å². The predicted molar refractivity (Wildman–Crippen MR) is 107 cm³/mol. The summed E-state index contributed by atoms with van der Waals surface area (Å²) in [6, 6.07) is 9.22. The summed E-state index contributed by atoms with van der Waals surface area (Å²) >= 11 is 1.21. The Balaban J connectivity index is 1.79. The van der Waals surface area contributed by atoms with Gasteiger partial charge in [-0.1, -0.05) is 30.3 Å². The first-order chi connectivity index (χ1) is 12.9. The van der Waals surface area contributed by atoms with Crippen LogP contribution in [-0.4, -0.2) is 73.8 Å². The molecule has 0 radical (unpaired) electrons. The summed E-state index contributed by atoms with van der Waals surface area (Å²) in [5.41, 5.74) is 0.813. The normalized spacial score (nSPS) is 15.8. The molecule has 148 valence electrons. The molecule has 2 rings (SSSR count). The maximum absolute atomic E-state index is 12.4. The number of hydrogen-bond donors (Lipinski definition) is 0. The molecule has 0 unspecified atom stereocenters. The molecule has 0 spiro atoms. The van der Waals surface area contributed by atoms with Crippen molar-refractivity contribution in [1.82, 2.24) is 9.21 Å². The van der Waals surface area contributed by atoms with Crippen LogP contribution in [0.4, 0.5) is 0 Å². The number of sulfonamides is 1. The fourth-order valence-corrected chi connectivity index (χ4v) is 4.41. The second kappa shape index (κ2) is 10.5. The average molecular weight is 413 g/mol. The molecule has 0 saturated carbocycles. The number of rotatable bonds is 8. The van der Waals surface area contributed by atoms with Gasteiger partial charge in [0, 0.05) is 31.6 Å². The molecule has 7 nitrogen and oxygen atoms in total. The predicted octanol–water partition coefficient (Wildman–Crippen LogP) is 1.43. The van der Waals surface area contributed by atoms with Gasteiger partial charge >= 0.3 is 5.97 Å². The molecule has 0 atom stereocenters. The summed E-state index contributed by atoms with van der Waals surface area (Å²) in [6.45, 7) is 3.26. The summed E-state index contributed by atoms with van der Waals surface area (Å²) in [5.74, 6) is -0.116. The summed E-state index contributed by atoms with van der Waals surface area (Å²) in [5, 5.41) is 1.20. The Morgan fingerprint density at radius 3 is 2.41 bits per heavy atom. The lowest BCUT2D eigenvalue weighted by Crippen LogP contribution is -2.50. The third-order valence-electron chi connectivity index (χ3n) is 3.93. The topological polar surface area (TPSA) is 84.0 Å². The van der Waals surface area contributed by atoms with E-state index in [4.69, 9.17) is 4.74 Å². The van der Waals surface area contributed by atoms with Gasteiger partial charge in [0.05, 0.1) is 18.1 Å². The minimum Gasteiger partial charge on any atom is -0.465 e. The van der Waals surface area contributed by atoms with Crippen molar-refractivity contribution in [2.75, 3.05) is 44.3 Å². The van der Waals surface area contributed by atoms with Gasteiger partial charge in [-0.15, -0.1) is 11.8 Å². The van der Waals surface area contributed by atoms with E-state index in [-0.39, 0.29) is 36.5 Å². The molecular formula is C18H24N2O5S2. The van der Waals surface area contributed by atoms with E-state index in [1.54, 1.807) is 17.9 Å². The number of hydrogen-bond acceptors (Lipinski definition) is 6. The van der Waals surface area contributed by atoms with Gasteiger partial charge in [-0.3, -0.25) is 9.59 Å². The Morgan fingerprint density at radius 2 is 1.78 bits per heavy atom. The zero-order valence-corrected chi connectivity index (χ0v) is 16.9. The van der Waals surface area contributed by atoms with Gasteiger partial charge in [-0.2, -0.15) is 4.31 Å². The van der Waals surface area contributed by atoms with Crippen molar-refractivity contribution in [3.05, 3.63) is 41.3 Å². The molecule has 1 heterocycles. The van der Waals surface area contributed by atoms with E-state index >= 15 is 0 Å². The number of thioether (sulfide) groups is 1. The number of carbonyl (C=O) groups is 2. The first-order valence-electron chi connectivity index (χ1n) is 8.67. The molecule has 27 heavy (non-hydrogen) atoms. The number of amides is 1. The average Bonchev–Trinajstić information content (AvgIpc) is 2.67. The smallest absolute Gasteiger partial charge is 0.315 e. The zero-order chi connectivity index (χ0) is 19.7. The lowest BCUT2D eigenvalue weighted by Gasteiger charge is -2.33. The van der Waals surface area contributed by atoms with Crippen LogP contribution in [0, 0.1) is 0 Å². The van der Waals surface area contributed by atoms with Crippen molar-refractivity contribution < 1.29 is 22.7 Å². The molecule has 1 aliphatic rings. The van der Waals surface area contributed by atoms with Gasteiger partial charge in [0.1, 0.15) is 0 Å². The van der Waals surface area contributed by atoms with Crippen molar-refractivity contribution >= 4 is 39.7 Å². The summed E-state index contributed by atoms with van der Waals surface area (Å²) in [6.07, 6.45) is 1.57.